The van der Waals surface area contributed by atoms with Crippen molar-refractivity contribution in [3.63, 3.8) is 0 Å². The normalized spacial score (nSPS) is 12.1. The minimum atomic E-state index is -0.564. The molecular formula is C16H23FN2O2. The summed E-state index contributed by atoms with van der Waals surface area (Å²) in [6.45, 7) is 7.99. The number of hydrogen-bond donors (Lipinski definition) is 1. The van der Waals surface area contributed by atoms with Gasteiger partial charge in [-0.3, -0.25) is 9.59 Å². The van der Waals surface area contributed by atoms with Crippen molar-refractivity contribution in [2.45, 2.75) is 40.3 Å². The Bertz CT molecular complexity index is 486. The first kappa shape index (κ1) is 17.1. The second kappa shape index (κ2) is 7.76. The van der Waals surface area contributed by atoms with E-state index < -0.39 is 6.04 Å². The van der Waals surface area contributed by atoms with Crippen LogP contribution in [-0.2, 0) is 16.1 Å². The first-order valence-corrected chi connectivity index (χ1v) is 7.10. The van der Waals surface area contributed by atoms with Crippen molar-refractivity contribution >= 4 is 11.8 Å². The standard InChI is InChI=1S/C16H23FN2O2/c1-11(2)9-18-16(21)12(3)19(13(4)20)10-14-5-7-15(17)8-6-14/h5-8,11-12H,9-10H2,1-4H3,(H,18,21)/t12-/m1/s1. The van der Waals surface area contributed by atoms with Gasteiger partial charge in [0.05, 0.1) is 0 Å². The average molecular weight is 294 g/mol. The number of halogens is 1. The zero-order valence-corrected chi connectivity index (χ0v) is 13.0. The van der Waals surface area contributed by atoms with Crippen molar-refractivity contribution < 1.29 is 14.0 Å². The number of nitrogens with one attached hydrogen (secondary N) is 1. The van der Waals surface area contributed by atoms with Crippen molar-refractivity contribution in [3.05, 3.63) is 35.6 Å². The monoisotopic (exact) mass is 294 g/mol. The Morgan fingerprint density at radius 1 is 1.19 bits per heavy atom. The first-order valence-electron chi connectivity index (χ1n) is 7.10. The number of carbonyl (C=O) groups excluding carboxylic acids is 2. The lowest BCUT2D eigenvalue weighted by molar-refractivity contribution is -0.139. The predicted molar refractivity (Wildman–Crippen MR) is 79.9 cm³/mol. The van der Waals surface area contributed by atoms with Gasteiger partial charge in [-0.2, -0.15) is 0 Å². The smallest absolute Gasteiger partial charge is 0.242 e. The van der Waals surface area contributed by atoms with Crippen LogP contribution in [0.2, 0.25) is 0 Å². The molecular weight excluding hydrogens is 271 g/mol. The van der Waals surface area contributed by atoms with Gasteiger partial charge in [0.25, 0.3) is 0 Å². The topological polar surface area (TPSA) is 49.4 Å². The van der Waals surface area contributed by atoms with Crippen LogP contribution in [0.15, 0.2) is 24.3 Å². The van der Waals surface area contributed by atoms with Crippen LogP contribution in [0.4, 0.5) is 4.39 Å². The molecule has 5 heteroatoms. The molecule has 0 saturated heterocycles. The second-order valence-electron chi connectivity index (χ2n) is 5.59. The molecule has 1 aromatic carbocycles. The van der Waals surface area contributed by atoms with Crippen molar-refractivity contribution in [1.29, 1.82) is 0 Å². The van der Waals surface area contributed by atoms with Crippen LogP contribution in [-0.4, -0.2) is 29.3 Å². The molecule has 0 bridgehead atoms. The predicted octanol–water partition coefficient (Wildman–Crippen LogP) is 2.33. The van der Waals surface area contributed by atoms with Gasteiger partial charge in [-0.05, 0) is 30.5 Å². The van der Waals surface area contributed by atoms with E-state index in [1.54, 1.807) is 19.1 Å². The lowest BCUT2D eigenvalue weighted by Crippen LogP contribution is -2.47. The number of amides is 2. The van der Waals surface area contributed by atoms with Crippen molar-refractivity contribution in [2.75, 3.05) is 6.54 Å². The molecule has 116 valence electrons. The number of benzene rings is 1. The van der Waals surface area contributed by atoms with Gasteiger partial charge in [0, 0.05) is 20.0 Å². The zero-order valence-electron chi connectivity index (χ0n) is 13.0. The zero-order chi connectivity index (χ0) is 16.0. The average Bonchev–Trinajstić information content (AvgIpc) is 2.43. The molecule has 0 unspecified atom stereocenters. The molecule has 4 nitrogen and oxygen atoms in total. The quantitative estimate of drug-likeness (QED) is 0.875. The Hall–Kier alpha value is -1.91. The van der Waals surface area contributed by atoms with Crippen molar-refractivity contribution in [2.24, 2.45) is 5.92 Å². The van der Waals surface area contributed by atoms with E-state index in [9.17, 15) is 14.0 Å². The molecule has 1 rings (SSSR count). The molecule has 2 amide bonds. The summed E-state index contributed by atoms with van der Waals surface area (Å²) in [7, 11) is 0. The summed E-state index contributed by atoms with van der Waals surface area (Å²) in [5.74, 6) is -0.340. The van der Waals surface area contributed by atoms with Gasteiger partial charge < -0.3 is 10.2 Å². The fourth-order valence-corrected chi connectivity index (χ4v) is 1.90. The summed E-state index contributed by atoms with van der Waals surface area (Å²) < 4.78 is 12.9. The molecule has 0 spiro atoms. The lowest BCUT2D eigenvalue weighted by atomic mass is 10.1. The summed E-state index contributed by atoms with van der Waals surface area (Å²) >= 11 is 0. The highest BCUT2D eigenvalue weighted by atomic mass is 19.1. The van der Waals surface area contributed by atoms with Gasteiger partial charge in [-0.25, -0.2) is 4.39 Å². The third kappa shape index (κ3) is 5.53. The van der Waals surface area contributed by atoms with E-state index in [2.05, 4.69) is 5.32 Å². The van der Waals surface area contributed by atoms with E-state index in [-0.39, 0.29) is 24.2 Å². The van der Waals surface area contributed by atoms with Crippen molar-refractivity contribution in [1.82, 2.24) is 10.2 Å². The van der Waals surface area contributed by atoms with E-state index in [1.165, 1.54) is 24.0 Å². The van der Waals surface area contributed by atoms with Gasteiger partial charge in [0.2, 0.25) is 11.8 Å². The third-order valence-corrected chi connectivity index (χ3v) is 3.20. The van der Waals surface area contributed by atoms with Gasteiger partial charge in [0.1, 0.15) is 11.9 Å². The Labute approximate surface area is 125 Å². The molecule has 0 saturated carbocycles. The van der Waals surface area contributed by atoms with Gasteiger partial charge >= 0.3 is 0 Å². The van der Waals surface area contributed by atoms with Crippen LogP contribution >= 0.6 is 0 Å². The number of rotatable bonds is 6. The largest absolute Gasteiger partial charge is 0.354 e. The molecule has 0 radical (unpaired) electrons. The lowest BCUT2D eigenvalue weighted by Gasteiger charge is -2.27. The maximum atomic E-state index is 12.9. The Morgan fingerprint density at radius 2 is 1.76 bits per heavy atom. The first-order chi connectivity index (χ1) is 9.81. The summed E-state index contributed by atoms with van der Waals surface area (Å²) in [6.07, 6.45) is 0. The van der Waals surface area contributed by atoms with E-state index in [0.717, 1.165) is 5.56 Å². The fraction of sp³-hybridized carbons (Fsp3) is 0.500. The maximum absolute atomic E-state index is 12.9. The van der Waals surface area contributed by atoms with Crippen LogP contribution < -0.4 is 5.32 Å². The van der Waals surface area contributed by atoms with Crippen LogP contribution in [0.3, 0.4) is 0 Å². The molecule has 0 fully saturated rings. The van der Waals surface area contributed by atoms with Gasteiger partial charge in [0.15, 0.2) is 0 Å². The molecule has 0 aliphatic heterocycles. The van der Waals surface area contributed by atoms with Gasteiger partial charge in [-0.1, -0.05) is 26.0 Å². The molecule has 0 aliphatic carbocycles. The minimum Gasteiger partial charge on any atom is -0.354 e. The second-order valence-corrected chi connectivity index (χ2v) is 5.59. The van der Waals surface area contributed by atoms with Crippen LogP contribution in [0, 0.1) is 11.7 Å². The number of carbonyl (C=O) groups is 2. The highest BCUT2D eigenvalue weighted by molar-refractivity contribution is 5.86. The Kier molecular flexibility index (Phi) is 6.34. The molecule has 1 aromatic rings. The van der Waals surface area contributed by atoms with E-state index in [1.807, 2.05) is 13.8 Å². The third-order valence-electron chi connectivity index (χ3n) is 3.20. The summed E-state index contributed by atoms with van der Waals surface area (Å²) in [5.41, 5.74) is 0.787. The van der Waals surface area contributed by atoms with Crippen molar-refractivity contribution in [3.8, 4) is 0 Å². The minimum absolute atomic E-state index is 0.180. The van der Waals surface area contributed by atoms with E-state index >= 15 is 0 Å². The molecule has 1 N–H and O–H groups in total. The highest BCUT2D eigenvalue weighted by Gasteiger charge is 2.23. The molecule has 21 heavy (non-hydrogen) atoms. The Morgan fingerprint density at radius 3 is 2.24 bits per heavy atom. The number of nitrogens with zero attached hydrogens (tertiary/aromatic N) is 1. The van der Waals surface area contributed by atoms with E-state index in [4.69, 9.17) is 0 Å². The van der Waals surface area contributed by atoms with Crippen LogP contribution in [0.1, 0.15) is 33.3 Å². The molecule has 0 aromatic heterocycles. The molecule has 1 atom stereocenters. The highest BCUT2D eigenvalue weighted by Crippen LogP contribution is 2.10. The summed E-state index contributed by atoms with van der Waals surface area (Å²) in [5, 5.41) is 2.82. The van der Waals surface area contributed by atoms with Crippen LogP contribution in [0.25, 0.3) is 0 Å². The summed E-state index contributed by atoms with van der Waals surface area (Å²) in [6, 6.07) is 5.36. The maximum Gasteiger partial charge on any atom is 0.242 e. The SMILES string of the molecule is CC(=O)N(Cc1ccc(F)cc1)[C@H](C)C(=O)NCC(C)C. The van der Waals surface area contributed by atoms with Crippen LogP contribution in [0.5, 0.6) is 0 Å². The number of hydrogen-bond acceptors (Lipinski definition) is 2. The Balaban J connectivity index is 2.74. The summed E-state index contributed by atoms with van der Waals surface area (Å²) in [4.78, 5) is 25.3. The fourth-order valence-electron chi connectivity index (χ4n) is 1.90. The van der Waals surface area contributed by atoms with E-state index in [0.29, 0.717) is 12.5 Å². The van der Waals surface area contributed by atoms with Gasteiger partial charge in [-0.15, -0.1) is 0 Å². The molecule has 0 heterocycles. The molecule has 0 aliphatic rings.